The van der Waals surface area contributed by atoms with E-state index >= 15 is 0 Å². The van der Waals surface area contributed by atoms with E-state index in [1.807, 2.05) is 19.1 Å². The van der Waals surface area contributed by atoms with Crippen LogP contribution in [-0.4, -0.2) is 5.91 Å². The quantitative estimate of drug-likeness (QED) is 0.504. The molecule has 21 heavy (non-hydrogen) atoms. The molecular formula is C16H20N2O3. The highest BCUT2D eigenvalue weighted by molar-refractivity contribution is 5.92. The first-order valence-electron chi connectivity index (χ1n) is 6.83. The maximum atomic E-state index is 11.5. The van der Waals surface area contributed by atoms with Crippen molar-refractivity contribution >= 4 is 5.91 Å². The van der Waals surface area contributed by atoms with E-state index in [0.29, 0.717) is 11.5 Å². The molecule has 1 amide bonds. The number of aryl methyl sites for hydroxylation is 1. The zero-order chi connectivity index (χ0) is 15.4. The minimum Gasteiger partial charge on any atom is -0.488 e. The molecule has 5 heteroatoms. The van der Waals surface area contributed by atoms with E-state index < -0.39 is 5.91 Å². The second-order valence-corrected chi connectivity index (χ2v) is 5.22. The van der Waals surface area contributed by atoms with E-state index in [2.05, 4.69) is 25.3 Å². The minimum absolute atomic E-state index is 0.176. The fraction of sp³-hybridized carbons (Fsp3) is 0.312. The SMILES string of the molecule is Cc1ccc(C(C)C)cc1OCc1ccoc1C(=O)NN. The average Bonchev–Trinajstić information content (AvgIpc) is 2.93. The van der Waals surface area contributed by atoms with E-state index in [1.54, 1.807) is 6.07 Å². The number of carbonyl (C=O) groups excluding carboxylic acids is 1. The molecule has 2 rings (SSSR count). The van der Waals surface area contributed by atoms with Crippen LogP contribution in [0.3, 0.4) is 0 Å². The first kappa shape index (κ1) is 15.1. The van der Waals surface area contributed by atoms with Crippen molar-refractivity contribution in [2.75, 3.05) is 0 Å². The Kier molecular flexibility index (Phi) is 4.65. The zero-order valence-corrected chi connectivity index (χ0v) is 12.5. The molecule has 1 aromatic carbocycles. The number of nitrogens with two attached hydrogens (primary N) is 1. The molecule has 1 aromatic heterocycles. The normalized spacial score (nSPS) is 10.7. The Morgan fingerprint density at radius 2 is 2.14 bits per heavy atom. The van der Waals surface area contributed by atoms with Gasteiger partial charge in [-0.05, 0) is 36.1 Å². The first-order chi connectivity index (χ1) is 10.0. The fourth-order valence-electron chi connectivity index (χ4n) is 2.00. The first-order valence-corrected chi connectivity index (χ1v) is 6.83. The Morgan fingerprint density at radius 1 is 1.38 bits per heavy atom. The molecule has 0 aliphatic heterocycles. The molecule has 5 nitrogen and oxygen atoms in total. The number of rotatable bonds is 5. The lowest BCUT2D eigenvalue weighted by molar-refractivity contribution is 0.0922. The summed E-state index contributed by atoms with van der Waals surface area (Å²) >= 11 is 0. The van der Waals surface area contributed by atoms with Gasteiger partial charge in [0.2, 0.25) is 0 Å². The van der Waals surface area contributed by atoms with Gasteiger partial charge in [-0.15, -0.1) is 0 Å². The fourth-order valence-corrected chi connectivity index (χ4v) is 2.00. The van der Waals surface area contributed by atoms with Gasteiger partial charge in [-0.25, -0.2) is 5.84 Å². The topological polar surface area (TPSA) is 77.5 Å². The van der Waals surface area contributed by atoms with Crippen LogP contribution in [0.15, 0.2) is 34.9 Å². The number of carbonyl (C=O) groups is 1. The molecule has 112 valence electrons. The van der Waals surface area contributed by atoms with Crippen molar-refractivity contribution in [2.24, 2.45) is 5.84 Å². The highest BCUT2D eigenvalue weighted by Crippen LogP contribution is 2.25. The standard InChI is InChI=1S/C16H20N2O3/c1-10(2)12-5-4-11(3)14(8-12)21-9-13-6-7-20-15(13)16(19)18-17/h4-8,10H,9,17H2,1-3H3,(H,18,19). The number of furan rings is 1. The van der Waals surface area contributed by atoms with Crippen molar-refractivity contribution in [2.45, 2.75) is 33.3 Å². The average molecular weight is 288 g/mol. The summed E-state index contributed by atoms with van der Waals surface area (Å²) in [6, 6.07) is 7.86. The van der Waals surface area contributed by atoms with E-state index in [9.17, 15) is 4.79 Å². The Hall–Kier alpha value is -2.27. The number of amides is 1. The Labute approximate surface area is 124 Å². The second-order valence-electron chi connectivity index (χ2n) is 5.22. The lowest BCUT2D eigenvalue weighted by Gasteiger charge is -2.12. The van der Waals surface area contributed by atoms with Gasteiger partial charge in [0.1, 0.15) is 12.4 Å². The molecule has 0 fully saturated rings. The summed E-state index contributed by atoms with van der Waals surface area (Å²) in [4.78, 5) is 11.5. The Morgan fingerprint density at radius 3 is 2.81 bits per heavy atom. The predicted molar refractivity (Wildman–Crippen MR) is 80.0 cm³/mol. The van der Waals surface area contributed by atoms with Crippen LogP contribution in [0.25, 0.3) is 0 Å². The third-order valence-corrected chi connectivity index (χ3v) is 3.35. The van der Waals surface area contributed by atoms with Crippen molar-refractivity contribution in [1.29, 1.82) is 0 Å². The number of hydrogen-bond donors (Lipinski definition) is 2. The number of nitrogen functional groups attached to an aromatic ring is 1. The van der Waals surface area contributed by atoms with Gasteiger partial charge in [-0.2, -0.15) is 0 Å². The van der Waals surface area contributed by atoms with Crippen molar-refractivity contribution in [3.05, 3.63) is 53.0 Å². The van der Waals surface area contributed by atoms with Crippen LogP contribution in [0.1, 0.15) is 47.0 Å². The highest BCUT2D eigenvalue weighted by Gasteiger charge is 2.15. The van der Waals surface area contributed by atoms with Crippen molar-refractivity contribution < 1.29 is 13.9 Å². The Balaban J connectivity index is 2.15. The summed E-state index contributed by atoms with van der Waals surface area (Å²) in [6.07, 6.45) is 1.45. The van der Waals surface area contributed by atoms with Gasteiger partial charge in [-0.3, -0.25) is 10.2 Å². The minimum atomic E-state index is -0.466. The van der Waals surface area contributed by atoms with Gasteiger partial charge in [-0.1, -0.05) is 26.0 Å². The molecule has 0 saturated carbocycles. The number of benzene rings is 1. The van der Waals surface area contributed by atoms with Gasteiger partial charge < -0.3 is 9.15 Å². The molecule has 1 heterocycles. The Bertz CT molecular complexity index is 632. The summed E-state index contributed by atoms with van der Waals surface area (Å²) in [6.45, 7) is 6.51. The van der Waals surface area contributed by atoms with Crippen LogP contribution < -0.4 is 16.0 Å². The van der Waals surface area contributed by atoms with Gasteiger partial charge in [0.15, 0.2) is 5.76 Å². The molecule has 0 unspecified atom stereocenters. The monoisotopic (exact) mass is 288 g/mol. The number of ether oxygens (including phenoxy) is 1. The number of nitrogens with one attached hydrogen (secondary N) is 1. The van der Waals surface area contributed by atoms with Gasteiger partial charge >= 0.3 is 5.91 Å². The molecule has 0 bridgehead atoms. The maximum absolute atomic E-state index is 11.5. The molecule has 2 aromatic rings. The molecule has 0 spiro atoms. The molecular weight excluding hydrogens is 268 g/mol. The number of hydrazine groups is 1. The van der Waals surface area contributed by atoms with E-state index in [4.69, 9.17) is 15.0 Å². The summed E-state index contributed by atoms with van der Waals surface area (Å²) in [7, 11) is 0. The van der Waals surface area contributed by atoms with Crippen LogP contribution in [0.2, 0.25) is 0 Å². The molecule has 0 aliphatic rings. The van der Waals surface area contributed by atoms with E-state index in [1.165, 1.54) is 11.8 Å². The van der Waals surface area contributed by atoms with Gasteiger partial charge in [0.25, 0.3) is 0 Å². The summed E-state index contributed by atoms with van der Waals surface area (Å²) in [5, 5.41) is 0. The lowest BCUT2D eigenvalue weighted by Crippen LogP contribution is -2.30. The van der Waals surface area contributed by atoms with Gasteiger partial charge in [0, 0.05) is 5.56 Å². The molecule has 0 radical (unpaired) electrons. The van der Waals surface area contributed by atoms with Crippen molar-refractivity contribution in [1.82, 2.24) is 5.43 Å². The van der Waals surface area contributed by atoms with Crippen LogP contribution in [0, 0.1) is 6.92 Å². The van der Waals surface area contributed by atoms with Crippen LogP contribution >= 0.6 is 0 Å². The largest absolute Gasteiger partial charge is 0.488 e. The summed E-state index contributed by atoms with van der Waals surface area (Å²) in [5.74, 6) is 6.06. The number of hydrogen-bond acceptors (Lipinski definition) is 4. The van der Waals surface area contributed by atoms with Crippen LogP contribution in [0.4, 0.5) is 0 Å². The third kappa shape index (κ3) is 3.44. The summed E-state index contributed by atoms with van der Waals surface area (Å²) in [5.41, 5.74) is 4.97. The molecule has 0 saturated heterocycles. The third-order valence-electron chi connectivity index (χ3n) is 3.35. The predicted octanol–water partition coefficient (Wildman–Crippen LogP) is 2.89. The van der Waals surface area contributed by atoms with Gasteiger partial charge in [0.05, 0.1) is 6.26 Å². The van der Waals surface area contributed by atoms with E-state index in [-0.39, 0.29) is 12.4 Å². The van der Waals surface area contributed by atoms with Crippen molar-refractivity contribution in [3.8, 4) is 5.75 Å². The van der Waals surface area contributed by atoms with E-state index in [0.717, 1.165) is 11.3 Å². The second kappa shape index (κ2) is 6.45. The molecule has 0 aliphatic carbocycles. The van der Waals surface area contributed by atoms with Crippen LogP contribution in [0.5, 0.6) is 5.75 Å². The van der Waals surface area contributed by atoms with Crippen molar-refractivity contribution in [3.63, 3.8) is 0 Å². The summed E-state index contributed by atoms with van der Waals surface area (Å²) < 4.78 is 11.0. The highest BCUT2D eigenvalue weighted by atomic mass is 16.5. The zero-order valence-electron chi connectivity index (χ0n) is 12.5. The maximum Gasteiger partial charge on any atom is 0.301 e. The van der Waals surface area contributed by atoms with Crippen LogP contribution in [-0.2, 0) is 6.61 Å². The molecule has 0 atom stereocenters. The molecule has 3 N–H and O–H groups in total. The smallest absolute Gasteiger partial charge is 0.301 e. The lowest BCUT2D eigenvalue weighted by atomic mass is 10.0.